The second kappa shape index (κ2) is 8.93. The highest BCUT2D eigenvalue weighted by atomic mass is 32.1. The molecule has 0 unspecified atom stereocenters. The van der Waals surface area contributed by atoms with Crippen LogP contribution in [0.1, 0.15) is 18.9 Å². The maximum absolute atomic E-state index is 14.6. The number of para-hydroxylation sites is 1. The van der Waals surface area contributed by atoms with E-state index in [4.69, 9.17) is 5.11 Å². The number of carbonyl (C=O) groups is 1. The monoisotopic (exact) mass is 429 g/mol. The lowest BCUT2D eigenvalue weighted by atomic mass is 10.1. The second-order valence-electron chi connectivity index (χ2n) is 7.38. The molecule has 0 bridgehead atoms. The molecule has 2 aromatic heterocycles. The maximum Gasteiger partial charge on any atom is 0.323 e. The number of amides is 2. The van der Waals surface area contributed by atoms with Crippen LogP contribution in [0.25, 0.3) is 10.2 Å². The van der Waals surface area contributed by atoms with Gasteiger partial charge in [0.15, 0.2) is 16.8 Å². The number of hydrogen-bond acceptors (Lipinski definition) is 6. The summed E-state index contributed by atoms with van der Waals surface area (Å²) in [5, 5.41) is 12.4. The van der Waals surface area contributed by atoms with Crippen molar-refractivity contribution in [2.45, 2.75) is 25.8 Å². The summed E-state index contributed by atoms with van der Waals surface area (Å²) in [7, 11) is 0. The zero-order valence-electron chi connectivity index (χ0n) is 16.7. The van der Waals surface area contributed by atoms with Gasteiger partial charge in [-0.3, -0.25) is 5.32 Å². The van der Waals surface area contributed by atoms with Gasteiger partial charge in [0.05, 0.1) is 10.2 Å². The molecule has 1 aliphatic rings. The fourth-order valence-corrected chi connectivity index (χ4v) is 4.51. The molecular weight excluding hydrogens is 405 g/mol. The average molecular weight is 430 g/mol. The van der Waals surface area contributed by atoms with Crippen molar-refractivity contribution in [1.82, 2.24) is 14.9 Å². The second-order valence-corrected chi connectivity index (χ2v) is 8.41. The number of aliphatic hydroxyl groups excluding tert-OH is 1. The molecule has 1 saturated heterocycles. The van der Waals surface area contributed by atoms with Crippen LogP contribution in [-0.4, -0.2) is 58.3 Å². The number of nitrogens with one attached hydrogen (secondary N) is 1. The zero-order chi connectivity index (χ0) is 21.1. The number of hydrogen-bond donors (Lipinski definition) is 2. The fourth-order valence-electron chi connectivity index (χ4n) is 3.65. The average Bonchev–Trinajstić information content (AvgIpc) is 3.15. The van der Waals surface area contributed by atoms with Crippen LogP contribution < -0.4 is 10.2 Å². The van der Waals surface area contributed by atoms with Gasteiger partial charge in [-0.05, 0) is 43.5 Å². The highest BCUT2D eigenvalue weighted by Gasteiger charge is 2.29. The normalized spacial score (nSPS) is 16.8. The van der Waals surface area contributed by atoms with Crippen molar-refractivity contribution < 1.29 is 14.3 Å². The topological polar surface area (TPSA) is 81.6 Å². The predicted molar refractivity (Wildman–Crippen MR) is 117 cm³/mol. The minimum atomic E-state index is -0.371. The first-order valence-corrected chi connectivity index (χ1v) is 10.8. The van der Waals surface area contributed by atoms with E-state index in [0.29, 0.717) is 43.4 Å². The van der Waals surface area contributed by atoms with Gasteiger partial charge in [0.1, 0.15) is 0 Å². The van der Waals surface area contributed by atoms with Crippen LogP contribution in [0.2, 0.25) is 0 Å². The Hall–Kier alpha value is -2.78. The number of benzene rings is 1. The third-order valence-corrected chi connectivity index (χ3v) is 6.15. The molecule has 3 aromatic rings. The van der Waals surface area contributed by atoms with E-state index in [9.17, 15) is 9.18 Å². The molecule has 0 radical (unpaired) electrons. The van der Waals surface area contributed by atoms with Crippen molar-refractivity contribution >= 4 is 38.5 Å². The van der Waals surface area contributed by atoms with Gasteiger partial charge in [-0.25, -0.2) is 19.2 Å². The first-order valence-electron chi connectivity index (χ1n) is 9.98. The minimum Gasteiger partial charge on any atom is -0.396 e. The number of piperazine rings is 1. The van der Waals surface area contributed by atoms with Gasteiger partial charge in [-0.1, -0.05) is 23.5 Å². The number of aliphatic hydroxyl groups is 1. The molecule has 1 aromatic carbocycles. The first kappa shape index (κ1) is 20.5. The minimum absolute atomic E-state index is 0.0709. The van der Waals surface area contributed by atoms with E-state index in [2.05, 4.69) is 15.3 Å². The molecular formula is C21H24FN5O2S. The number of thiazole rings is 1. The van der Waals surface area contributed by atoms with Crippen molar-refractivity contribution in [2.24, 2.45) is 0 Å². The molecule has 2 N–H and O–H groups in total. The van der Waals surface area contributed by atoms with Crippen molar-refractivity contribution in [3.05, 3.63) is 47.9 Å². The highest BCUT2D eigenvalue weighted by Crippen LogP contribution is 2.27. The SMILES string of the molecule is C[C@@H]1CN(C(=O)Nc2nc3ccccc3s2)CCN1c1ncc(CCCO)cc1F. The Kier molecular flexibility index (Phi) is 6.10. The number of fused-ring (bicyclic) bond motifs is 1. The summed E-state index contributed by atoms with van der Waals surface area (Å²) in [6.07, 6.45) is 2.84. The van der Waals surface area contributed by atoms with E-state index in [-0.39, 0.29) is 24.5 Å². The number of halogens is 1. The first-order chi connectivity index (χ1) is 14.5. The van der Waals surface area contributed by atoms with Crippen molar-refractivity contribution in [3.8, 4) is 0 Å². The summed E-state index contributed by atoms with van der Waals surface area (Å²) in [5.41, 5.74) is 1.63. The number of aryl methyl sites for hydroxylation is 1. The van der Waals surface area contributed by atoms with Crippen LogP contribution in [-0.2, 0) is 6.42 Å². The third kappa shape index (κ3) is 4.36. The molecule has 158 valence electrons. The molecule has 4 rings (SSSR count). The Labute approximate surface area is 178 Å². The Morgan fingerprint density at radius 1 is 1.37 bits per heavy atom. The molecule has 0 spiro atoms. The van der Waals surface area contributed by atoms with Crippen molar-refractivity contribution in [3.63, 3.8) is 0 Å². The number of rotatable bonds is 5. The van der Waals surface area contributed by atoms with Crippen LogP contribution in [0.5, 0.6) is 0 Å². The highest BCUT2D eigenvalue weighted by molar-refractivity contribution is 7.22. The molecule has 1 aliphatic heterocycles. The molecule has 7 nitrogen and oxygen atoms in total. The quantitative estimate of drug-likeness (QED) is 0.649. The van der Waals surface area contributed by atoms with Gasteiger partial charge < -0.3 is 14.9 Å². The van der Waals surface area contributed by atoms with Gasteiger partial charge in [0, 0.05) is 38.5 Å². The molecule has 30 heavy (non-hydrogen) atoms. The summed E-state index contributed by atoms with van der Waals surface area (Å²) < 4.78 is 15.6. The van der Waals surface area contributed by atoms with Gasteiger partial charge in [0.2, 0.25) is 0 Å². The number of aromatic nitrogens is 2. The summed E-state index contributed by atoms with van der Waals surface area (Å²) in [6, 6.07) is 8.95. The van der Waals surface area contributed by atoms with Crippen LogP contribution >= 0.6 is 11.3 Å². The van der Waals surface area contributed by atoms with Gasteiger partial charge in [0.25, 0.3) is 0 Å². The molecule has 1 fully saturated rings. The molecule has 3 heterocycles. The Morgan fingerprint density at radius 2 is 2.20 bits per heavy atom. The molecule has 9 heteroatoms. The number of pyridine rings is 1. The summed E-state index contributed by atoms with van der Waals surface area (Å²) in [4.78, 5) is 25.1. The van der Waals surface area contributed by atoms with Gasteiger partial charge in [-0.2, -0.15) is 0 Å². The van der Waals surface area contributed by atoms with Crippen LogP contribution in [0, 0.1) is 5.82 Å². The van der Waals surface area contributed by atoms with Crippen LogP contribution in [0.15, 0.2) is 36.5 Å². The van der Waals surface area contributed by atoms with E-state index in [1.165, 1.54) is 17.4 Å². The van der Waals surface area contributed by atoms with Crippen LogP contribution in [0.3, 0.4) is 0 Å². The van der Waals surface area contributed by atoms with Crippen LogP contribution in [0.4, 0.5) is 20.1 Å². The lowest BCUT2D eigenvalue weighted by Gasteiger charge is -2.40. The predicted octanol–water partition coefficient (Wildman–Crippen LogP) is 3.50. The standard InChI is InChI=1S/C21H24FN5O2S/c1-14-13-26(21(29)25-20-24-17-6-2-3-7-18(17)30-20)8-9-27(14)19-16(22)11-15(12-23-19)5-4-10-28/h2-3,6-7,11-12,14,28H,4-5,8-10,13H2,1H3,(H,24,25,29)/t14-/m1/s1. The molecule has 1 atom stereocenters. The fraction of sp³-hybridized carbons (Fsp3) is 0.381. The lowest BCUT2D eigenvalue weighted by molar-refractivity contribution is 0.199. The van der Waals surface area contributed by atoms with Gasteiger partial charge in [-0.15, -0.1) is 0 Å². The third-order valence-electron chi connectivity index (χ3n) is 5.20. The summed E-state index contributed by atoms with van der Waals surface area (Å²) >= 11 is 1.44. The largest absolute Gasteiger partial charge is 0.396 e. The number of urea groups is 1. The summed E-state index contributed by atoms with van der Waals surface area (Å²) in [6.45, 7) is 3.45. The number of anilines is 2. The van der Waals surface area contributed by atoms with Crippen molar-refractivity contribution in [1.29, 1.82) is 0 Å². The Bertz CT molecular complexity index is 1010. The van der Waals surface area contributed by atoms with E-state index in [0.717, 1.165) is 15.8 Å². The molecule has 0 saturated carbocycles. The van der Waals surface area contributed by atoms with Crippen molar-refractivity contribution in [2.75, 3.05) is 36.5 Å². The number of carbonyl (C=O) groups excluding carboxylic acids is 1. The van der Waals surface area contributed by atoms with Gasteiger partial charge >= 0.3 is 6.03 Å². The van der Waals surface area contributed by atoms with E-state index in [1.54, 1.807) is 11.1 Å². The Morgan fingerprint density at radius 3 is 2.93 bits per heavy atom. The molecule has 2 amide bonds. The van der Waals surface area contributed by atoms with E-state index >= 15 is 0 Å². The Balaban J connectivity index is 1.39. The summed E-state index contributed by atoms with van der Waals surface area (Å²) in [5.74, 6) is -0.0638. The van der Waals surface area contributed by atoms with E-state index < -0.39 is 0 Å². The van der Waals surface area contributed by atoms with E-state index in [1.807, 2.05) is 36.1 Å². The maximum atomic E-state index is 14.6. The number of nitrogens with zero attached hydrogens (tertiary/aromatic N) is 4. The molecule has 0 aliphatic carbocycles. The zero-order valence-corrected chi connectivity index (χ0v) is 17.5. The smallest absolute Gasteiger partial charge is 0.323 e. The lowest BCUT2D eigenvalue weighted by Crippen LogP contribution is -2.55.